The predicted octanol–water partition coefficient (Wildman–Crippen LogP) is 0.404. The number of aryl methyl sites for hydroxylation is 1. The van der Waals surface area contributed by atoms with E-state index < -0.39 is 43.1 Å². The van der Waals surface area contributed by atoms with Crippen LogP contribution in [0.25, 0.3) is 0 Å². The van der Waals surface area contributed by atoms with Crippen molar-refractivity contribution in [2.75, 3.05) is 20.8 Å². The number of aliphatic hydroxyl groups excluding tert-OH is 4. The topological polar surface area (TPSA) is 155 Å². The largest absolute Gasteiger partial charge is 0.507 e. The molecule has 10 heteroatoms. The van der Waals surface area contributed by atoms with E-state index in [1.54, 1.807) is 18.2 Å². The molecule has 0 amide bonds. The first-order valence-corrected chi connectivity index (χ1v) is 10.3. The van der Waals surface area contributed by atoms with E-state index in [2.05, 4.69) is 0 Å². The number of ketones is 1. The summed E-state index contributed by atoms with van der Waals surface area (Å²) in [5.74, 6) is 0.315. The average Bonchev–Trinajstić information content (AvgIpc) is 2.82. The minimum atomic E-state index is -1.66. The molecule has 33 heavy (non-hydrogen) atoms. The summed E-state index contributed by atoms with van der Waals surface area (Å²) < 4.78 is 21.5. The number of hydrogen-bond acceptors (Lipinski definition) is 10. The molecule has 0 spiro atoms. The van der Waals surface area contributed by atoms with Crippen LogP contribution in [0.2, 0.25) is 0 Å². The van der Waals surface area contributed by atoms with Crippen molar-refractivity contribution >= 4 is 5.78 Å². The molecule has 1 aliphatic heterocycles. The quantitative estimate of drug-likeness (QED) is 0.329. The van der Waals surface area contributed by atoms with Gasteiger partial charge in [-0.05, 0) is 30.2 Å². The van der Waals surface area contributed by atoms with Gasteiger partial charge in [-0.3, -0.25) is 4.79 Å². The molecule has 1 fully saturated rings. The lowest BCUT2D eigenvalue weighted by Gasteiger charge is -2.39. The summed E-state index contributed by atoms with van der Waals surface area (Å²) in [7, 11) is 3.04. The lowest BCUT2D eigenvalue weighted by atomic mass is 9.99. The van der Waals surface area contributed by atoms with E-state index in [0.29, 0.717) is 17.9 Å². The number of ether oxygens (including phenoxy) is 4. The summed E-state index contributed by atoms with van der Waals surface area (Å²) >= 11 is 0. The van der Waals surface area contributed by atoms with Gasteiger partial charge in [0.25, 0.3) is 0 Å². The minimum absolute atomic E-state index is 0.00526. The monoisotopic (exact) mass is 464 g/mol. The number of aliphatic hydroxyl groups is 4. The van der Waals surface area contributed by atoms with E-state index >= 15 is 0 Å². The number of aromatic hydroxyl groups is 1. The van der Waals surface area contributed by atoms with Crippen molar-refractivity contribution in [1.29, 1.82) is 0 Å². The SMILES string of the molecule is COc1ccc(CCC(=O)c2c(O)cccc2O[C@@H]2O[C@H](CO)[C@@H](O)[C@H](O)[C@H]2O)c(OC)c1. The lowest BCUT2D eigenvalue weighted by molar-refractivity contribution is -0.277. The van der Waals surface area contributed by atoms with Crippen molar-refractivity contribution in [3.63, 3.8) is 0 Å². The highest BCUT2D eigenvalue weighted by atomic mass is 16.7. The molecule has 3 rings (SSSR count). The number of methoxy groups -OCH3 is 2. The van der Waals surface area contributed by atoms with Gasteiger partial charge in [-0.15, -0.1) is 0 Å². The first-order valence-electron chi connectivity index (χ1n) is 10.3. The Hall–Kier alpha value is -2.89. The van der Waals surface area contributed by atoms with Crippen LogP contribution in [-0.4, -0.2) is 82.8 Å². The normalized spacial score (nSPS) is 24.8. The Morgan fingerprint density at radius 3 is 2.42 bits per heavy atom. The molecule has 0 aromatic heterocycles. The van der Waals surface area contributed by atoms with Crippen LogP contribution in [0, 0.1) is 0 Å². The molecule has 2 aromatic carbocycles. The summed E-state index contributed by atoms with van der Waals surface area (Å²) in [4.78, 5) is 13.0. The second-order valence-electron chi connectivity index (χ2n) is 7.57. The Bertz CT molecular complexity index is 960. The molecule has 0 aliphatic carbocycles. The number of phenolic OH excluding ortho intramolecular Hbond substituents is 1. The number of hydrogen-bond donors (Lipinski definition) is 5. The summed E-state index contributed by atoms with van der Waals surface area (Å²) in [6.07, 6.45) is -7.19. The number of rotatable bonds is 9. The van der Waals surface area contributed by atoms with Crippen molar-refractivity contribution in [1.82, 2.24) is 0 Å². The van der Waals surface area contributed by atoms with Crippen LogP contribution in [0.4, 0.5) is 0 Å². The maximum Gasteiger partial charge on any atom is 0.229 e. The van der Waals surface area contributed by atoms with Crippen LogP contribution in [0.3, 0.4) is 0 Å². The Morgan fingerprint density at radius 1 is 1.00 bits per heavy atom. The minimum Gasteiger partial charge on any atom is -0.507 e. The van der Waals surface area contributed by atoms with Gasteiger partial charge in [0.05, 0.1) is 20.8 Å². The van der Waals surface area contributed by atoms with E-state index in [0.717, 1.165) is 5.56 Å². The van der Waals surface area contributed by atoms with E-state index in [4.69, 9.17) is 18.9 Å². The molecule has 10 nitrogen and oxygen atoms in total. The van der Waals surface area contributed by atoms with Gasteiger partial charge in [0.15, 0.2) is 5.78 Å². The van der Waals surface area contributed by atoms with Gasteiger partial charge in [0, 0.05) is 12.5 Å². The van der Waals surface area contributed by atoms with Crippen LogP contribution in [0.15, 0.2) is 36.4 Å². The summed E-state index contributed by atoms with van der Waals surface area (Å²) in [5, 5.41) is 49.8. The Balaban J connectivity index is 1.79. The number of benzene rings is 2. The van der Waals surface area contributed by atoms with Gasteiger partial charge < -0.3 is 44.5 Å². The first kappa shape index (κ1) is 24.7. The Labute approximate surface area is 190 Å². The Morgan fingerprint density at radius 2 is 1.76 bits per heavy atom. The van der Waals surface area contributed by atoms with E-state index in [1.807, 2.05) is 0 Å². The fourth-order valence-corrected chi connectivity index (χ4v) is 3.62. The van der Waals surface area contributed by atoms with Crippen molar-refractivity contribution in [2.45, 2.75) is 43.5 Å². The van der Waals surface area contributed by atoms with Crippen LogP contribution >= 0.6 is 0 Å². The average molecular weight is 464 g/mol. The predicted molar refractivity (Wildman–Crippen MR) is 115 cm³/mol. The van der Waals surface area contributed by atoms with Crippen molar-refractivity contribution in [3.05, 3.63) is 47.5 Å². The molecular formula is C23H28O10. The third-order valence-corrected chi connectivity index (χ3v) is 5.49. The third kappa shape index (κ3) is 5.37. The van der Waals surface area contributed by atoms with E-state index in [-0.39, 0.29) is 23.5 Å². The second kappa shape index (κ2) is 10.8. The van der Waals surface area contributed by atoms with E-state index in [9.17, 15) is 30.3 Å². The molecule has 1 heterocycles. The lowest BCUT2D eigenvalue weighted by Crippen LogP contribution is -2.60. The fraction of sp³-hybridized carbons (Fsp3) is 0.435. The number of phenols is 1. The number of Topliss-reactive ketones (excluding diaryl/α,β-unsaturated/α-hetero) is 1. The molecule has 1 saturated heterocycles. The maximum absolute atomic E-state index is 13.0. The number of carbonyl (C=O) groups excluding carboxylic acids is 1. The van der Waals surface area contributed by atoms with Crippen molar-refractivity contribution in [2.24, 2.45) is 0 Å². The highest BCUT2D eigenvalue weighted by molar-refractivity contribution is 6.01. The zero-order valence-corrected chi connectivity index (χ0v) is 18.2. The first-order chi connectivity index (χ1) is 15.8. The van der Waals surface area contributed by atoms with Gasteiger partial charge in [0.2, 0.25) is 6.29 Å². The summed E-state index contributed by atoms with van der Waals surface area (Å²) in [6.45, 7) is -0.625. The van der Waals surface area contributed by atoms with Crippen LogP contribution in [0.5, 0.6) is 23.0 Å². The van der Waals surface area contributed by atoms with Crippen LogP contribution < -0.4 is 14.2 Å². The smallest absolute Gasteiger partial charge is 0.229 e. The van der Waals surface area contributed by atoms with Crippen molar-refractivity contribution < 1.29 is 49.3 Å². The molecule has 180 valence electrons. The highest BCUT2D eigenvalue weighted by Gasteiger charge is 2.45. The molecule has 0 unspecified atom stereocenters. The molecule has 0 saturated carbocycles. The molecule has 5 N–H and O–H groups in total. The number of carbonyl (C=O) groups is 1. The van der Waals surface area contributed by atoms with Gasteiger partial charge in [0.1, 0.15) is 53.0 Å². The Kier molecular flexibility index (Phi) is 8.11. The van der Waals surface area contributed by atoms with Gasteiger partial charge in [-0.25, -0.2) is 0 Å². The standard InChI is InChI=1S/C23H28O10/c1-30-13-8-6-12(17(10-13)31-2)7-9-15(26)19-14(25)4-3-5-16(19)32-23-22(29)21(28)20(27)18(11-24)33-23/h3-6,8,10,18,20-25,27-29H,7,9,11H2,1-2H3/t18-,20-,21+,22-,23-/m1/s1. The highest BCUT2D eigenvalue weighted by Crippen LogP contribution is 2.33. The van der Waals surface area contributed by atoms with Crippen molar-refractivity contribution in [3.8, 4) is 23.0 Å². The van der Waals surface area contributed by atoms with Crippen LogP contribution in [-0.2, 0) is 11.2 Å². The molecule has 1 aliphatic rings. The van der Waals surface area contributed by atoms with E-state index in [1.165, 1.54) is 32.4 Å². The van der Waals surface area contributed by atoms with Gasteiger partial charge >= 0.3 is 0 Å². The van der Waals surface area contributed by atoms with Crippen LogP contribution in [0.1, 0.15) is 22.3 Å². The summed E-state index contributed by atoms with van der Waals surface area (Å²) in [5.41, 5.74) is 0.639. The zero-order chi connectivity index (χ0) is 24.1. The fourth-order valence-electron chi connectivity index (χ4n) is 3.62. The third-order valence-electron chi connectivity index (χ3n) is 5.49. The maximum atomic E-state index is 13.0. The second-order valence-corrected chi connectivity index (χ2v) is 7.57. The molecule has 2 aromatic rings. The molecule has 5 atom stereocenters. The molecular weight excluding hydrogens is 436 g/mol. The molecule has 0 bridgehead atoms. The molecule has 0 radical (unpaired) electrons. The summed E-state index contributed by atoms with van der Waals surface area (Å²) in [6, 6.07) is 9.40. The van der Waals surface area contributed by atoms with Gasteiger partial charge in [-0.2, -0.15) is 0 Å². The zero-order valence-electron chi connectivity index (χ0n) is 18.2. The van der Waals surface area contributed by atoms with Gasteiger partial charge in [-0.1, -0.05) is 12.1 Å².